The zero-order chi connectivity index (χ0) is 16.9. The van der Waals surface area contributed by atoms with Gasteiger partial charge in [0.15, 0.2) is 0 Å². The van der Waals surface area contributed by atoms with Crippen LogP contribution in [0.15, 0.2) is 30.3 Å². The van der Waals surface area contributed by atoms with Crippen LogP contribution in [0.5, 0.6) is 0 Å². The zero-order valence-corrected chi connectivity index (χ0v) is 14.8. The first-order valence-electron chi connectivity index (χ1n) is 8.65. The van der Waals surface area contributed by atoms with Crippen molar-refractivity contribution in [1.29, 1.82) is 0 Å². The van der Waals surface area contributed by atoms with Crippen molar-refractivity contribution in [2.75, 3.05) is 19.6 Å². The Labute approximate surface area is 140 Å². The number of hydrogen-bond donors (Lipinski definition) is 1. The third-order valence-corrected chi connectivity index (χ3v) is 4.26. The number of benzene rings is 1. The van der Waals surface area contributed by atoms with Crippen LogP contribution in [0.3, 0.4) is 0 Å². The molecule has 0 unspecified atom stereocenters. The van der Waals surface area contributed by atoms with E-state index in [0.717, 1.165) is 6.54 Å². The third kappa shape index (κ3) is 5.54. The van der Waals surface area contributed by atoms with E-state index in [-0.39, 0.29) is 6.09 Å². The lowest BCUT2D eigenvalue weighted by Crippen LogP contribution is -2.45. The molecule has 23 heavy (non-hydrogen) atoms. The molecule has 4 heteroatoms. The average molecular weight is 318 g/mol. The lowest BCUT2D eigenvalue weighted by atomic mass is 9.76. The zero-order valence-electron chi connectivity index (χ0n) is 14.8. The van der Waals surface area contributed by atoms with Crippen molar-refractivity contribution in [2.24, 2.45) is 0 Å². The molecule has 0 spiro atoms. The first-order chi connectivity index (χ1) is 10.9. The number of amides is 1. The van der Waals surface area contributed by atoms with E-state index in [1.165, 1.54) is 18.4 Å². The molecule has 0 saturated heterocycles. The van der Waals surface area contributed by atoms with Crippen molar-refractivity contribution >= 4 is 6.09 Å². The van der Waals surface area contributed by atoms with Crippen LogP contribution in [0.25, 0.3) is 0 Å². The highest BCUT2D eigenvalue weighted by atomic mass is 16.6. The minimum atomic E-state index is -0.436. The maximum atomic E-state index is 12.1. The Bertz CT molecular complexity index is 490. The summed E-state index contributed by atoms with van der Waals surface area (Å²) in [7, 11) is 0. The summed E-state index contributed by atoms with van der Waals surface area (Å²) in [5.74, 6) is 0.682. The van der Waals surface area contributed by atoms with Gasteiger partial charge in [0, 0.05) is 25.7 Å². The normalized spacial score (nSPS) is 20.7. The number of carbonyl (C=O) groups excluding carboxylic acids is 1. The van der Waals surface area contributed by atoms with Gasteiger partial charge in [-0.2, -0.15) is 0 Å². The number of carbonyl (C=O) groups is 1. The fraction of sp³-hybridized carbons (Fsp3) is 0.632. The van der Waals surface area contributed by atoms with Crippen LogP contribution in [-0.2, 0) is 4.74 Å². The van der Waals surface area contributed by atoms with Gasteiger partial charge in [-0.1, -0.05) is 30.3 Å². The van der Waals surface area contributed by atoms with Crippen molar-refractivity contribution in [3.63, 3.8) is 0 Å². The second-order valence-electron chi connectivity index (χ2n) is 7.29. The predicted octanol–water partition coefficient (Wildman–Crippen LogP) is 3.78. The number of rotatable bonds is 6. The molecule has 0 aliphatic heterocycles. The van der Waals surface area contributed by atoms with Crippen LogP contribution in [0.2, 0.25) is 0 Å². The largest absolute Gasteiger partial charge is 0.444 e. The lowest BCUT2D eigenvalue weighted by molar-refractivity contribution is 0.0259. The van der Waals surface area contributed by atoms with Crippen molar-refractivity contribution in [2.45, 2.75) is 58.1 Å². The summed E-state index contributed by atoms with van der Waals surface area (Å²) in [6, 6.07) is 11.3. The average Bonchev–Trinajstić information content (AvgIpc) is 2.44. The Kier molecular flexibility index (Phi) is 6.05. The summed E-state index contributed by atoms with van der Waals surface area (Å²) in [4.78, 5) is 13.8. The van der Waals surface area contributed by atoms with Gasteiger partial charge >= 0.3 is 6.09 Å². The highest BCUT2D eigenvalue weighted by Gasteiger charge is 2.29. The van der Waals surface area contributed by atoms with Gasteiger partial charge in [-0.3, -0.25) is 0 Å². The summed E-state index contributed by atoms with van der Waals surface area (Å²) in [5.41, 5.74) is 1.00. The van der Waals surface area contributed by atoms with E-state index in [1.54, 1.807) is 4.90 Å². The molecule has 2 rings (SSSR count). The fourth-order valence-corrected chi connectivity index (χ4v) is 2.89. The molecule has 0 heterocycles. The molecule has 1 aliphatic carbocycles. The molecule has 4 nitrogen and oxygen atoms in total. The molecule has 0 radical (unpaired) electrons. The topological polar surface area (TPSA) is 41.6 Å². The van der Waals surface area contributed by atoms with Crippen molar-refractivity contribution in [1.82, 2.24) is 10.2 Å². The van der Waals surface area contributed by atoms with Gasteiger partial charge in [-0.15, -0.1) is 0 Å². The van der Waals surface area contributed by atoms with Gasteiger partial charge in [0.05, 0.1) is 0 Å². The Hall–Kier alpha value is -1.55. The molecule has 0 atom stereocenters. The minimum absolute atomic E-state index is 0.224. The maximum Gasteiger partial charge on any atom is 0.410 e. The van der Waals surface area contributed by atoms with E-state index < -0.39 is 5.60 Å². The van der Waals surface area contributed by atoms with Crippen LogP contribution in [0.4, 0.5) is 4.79 Å². The Morgan fingerprint density at radius 2 is 1.91 bits per heavy atom. The van der Waals surface area contributed by atoms with E-state index >= 15 is 0 Å². The van der Waals surface area contributed by atoms with Crippen molar-refractivity contribution in [3.05, 3.63) is 35.9 Å². The molecule has 1 aliphatic rings. The number of nitrogens with one attached hydrogen (secondary N) is 1. The third-order valence-electron chi connectivity index (χ3n) is 4.26. The summed E-state index contributed by atoms with van der Waals surface area (Å²) in [6.07, 6.45) is 2.14. The molecule has 1 saturated carbocycles. The second kappa shape index (κ2) is 7.82. The van der Waals surface area contributed by atoms with Gasteiger partial charge in [0.2, 0.25) is 0 Å². The Balaban J connectivity index is 1.66. The van der Waals surface area contributed by atoms with Gasteiger partial charge < -0.3 is 15.0 Å². The predicted molar refractivity (Wildman–Crippen MR) is 93.7 cm³/mol. The van der Waals surface area contributed by atoms with Gasteiger partial charge in [0.1, 0.15) is 5.60 Å². The highest BCUT2D eigenvalue weighted by molar-refractivity contribution is 5.68. The first-order valence-corrected chi connectivity index (χ1v) is 8.65. The molecular formula is C19H30N2O2. The van der Waals surface area contributed by atoms with Gasteiger partial charge in [-0.25, -0.2) is 4.79 Å². The van der Waals surface area contributed by atoms with E-state index in [2.05, 4.69) is 35.6 Å². The summed E-state index contributed by atoms with van der Waals surface area (Å²) in [5, 5.41) is 3.55. The van der Waals surface area contributed by atoms with E-state index in [1.807, 2.05) is 27.7 Å². The summed E-state index contributed by atoms with van der Waals surface area (Å²) in [6.45, 7) is 9.86. The molecule has 1 amide bonds. The molecule has 128 valence electrons. The van der Waals surface area contributed by atoms with E-state index in [9.17, 15) is 4.79 Å². The number of ether oxygens (including phenoxy) is 1. The number of nitrogens with zero attached hydrogens (tertiary/aromatic N) is 1. The minimum Gasteiger partial charge on any atom is -0.444 e. The molecule has 0 bridgehead atoms. The summed E-state index contributed by atoms with van der Waals surface area (Å²) >= 11 is 0. The lowest BCUT2D eigenvalue weighted by Gasteiger charge is -2.37. The summed E-state index contributed by atoms with van der Waals surface area (Å²) < 4.78 is 5.42. The van der Waals surface area contributed by atoms with Crippen LogP contribution in [0, 0.1) is 0 Å². The maximum absolute atomic E-state index is 12.1. The van der Waals surface area contributed by atoms with Crippen molar-refractivity contribution < 1.29 is 9.53 Å². The first kappa shape index (κ1) is 17.8. The smallest absolute Gasteiger partial charge is 0.410 e. The Morgan fingerprint density at radius 3 is 2.48 bits per heavy atom. The molecule has 1 fully saturated rings. The fourth-order valence-electron chi connectivity index (χ4n) is 2.89. The SMILES string of the molecule is CCN(CCNC1CC(c2ccccc2)C1)C(=O)OC(C)(C)C. The monoisotopic (exact) mass is 318 g/mol. The second-order valence-corrected chi connectivity index (χ2v) is 7.29. The van der Waals surface area contributed by atoms with E-state index in [4.69, 9.17) is 4.74 Å². The van der Waals surface area contributed by atoms with Crippen LogP contribution >= 0.6 is 0 Å². The Morgan fingerprint density at radius 1 is 1.26 bits per heavy atom. The molecule has 1 aromatic rings. The molecule has 1 N–H and O–H groups in total. The quantitative estimate of drug-likeness (QED) is 0.868. The number of likely N-dealkylation sites (N-methyl/N-ethyl adjacent to an activating group) is 1. The van der Waals surface area contributed by atoms with Crippen LogP contribution in [-0.4, -0.2) is 42.3 Å². The highest BCUT2D eigenvalue weighted by Crippen LogP contribution is 2.36. The molecule has 0 aromatic heterocycles. The van der Waals surface area contributed by atoms with Gasteiger partial charge in [0.25, 0.3) is 0 Å². The number of hydrogen-bond acceptors (Lipinski definition) is 3. The van der Waals surface area contributed by atoms with Crippen LogP contribution in [0.1, 0.15) is 52.0 Å². The van der Waals surface area contributed by atoms with E-state index in [0.29, 0.717) is 25.0 Å². The molecular weight excluding hydrogens is 288 g/mol. The van der Waals surface area contributed by atoms with Gasteiger partial charge in [-0.05, 0) is 52.0 Å². The standard InChI is InChI=1S/C19H30N2O2/c1-5-21(18(22)23-19(2,3)4)12-11-20-17-13-16(14-17)15-9-7-6-8-10-15/h6-10,16-17,20H,5,11-14H2,1-4H3. The van der Waals surface area contributed by atoms with Crippen LogP contribution < -0.4 is 5.32 Å². The van der Waals surface area contributed by atoms with Crippen molar-refractivity contribution in [3.8, 4) is 0 Å². The molecule has 1 aromatic carbocycles.